The van der Waals surface area contributed by atoms with Crippen molar-refractivity contribution in [2.75, 3.05) is 5.32 Å². The first kappa shape index (κ1) is 15.6. The van der Waals surface area contributed by atoms with Crippen LogP contribution in [0.25, 0.3) is 5.69 Å². The van der Waals surface area contributed by atoms with Crippen molar-refractivity contribution in [2.24, 2.45) is 5.41 Å². The third-order valence-corrected chi connectivity index (χ3v) is 4.58. The first-order valence-electron chi connectivity index (χ1n) is 8.56. The second-order valence-electron chi connectivity index (χ2n) is 7.35. The van der Waals surface area contributed by atoms with E-state index >= 15 is 0 Å². The number of nitrogens with one attached hydrogen (secondary N) is 1. The molecular formula is C21H21N3O. The van der Waals surface area contributed by atoms with Crippen molar-refractivity contribution in [1.29, 1.82) is 0 Å². The molecule has 3 aromatic rings. The van der Waals surface area contributed by atoms with Crippen molar-refractivity contribution >= 4 is 17.3 Å². The van der Waals surface area contributed by atoms with Crippen LogP contribution in [0.1, 0.15) is 36.3 Å². The van der Waals surface area contributed by atoms with Crippen molar-refractivity contribution < 1.29 is 4.79 Å². The van der Waals surface area contributed by atoms with E-state index in [1.54, 1.807) is 0 Å². The Morgan fingerprint density at radius 1 is 0.960 bits per heavy atom. The van der Waals surface area contributed by atoms with Gasteiger partial charge in [-0.25, -0.2) is 4.68 Å². The zero-order chi connectivity index (χ0) is 17.4. The van der Waals surface area contributed by atoms with Gasteiger partial charge in [0, 0.05) is 12.1 Å². The Hall–Kier alpha value is -2.88. The van der Waals surface area contributed by atoms with Crippen LogP contribution < -0.4 is 5.32 Å². The van der Waals surface area contributed by atoms with Crippen LogP contribution in [0.4, 0.5) is 11.5 Å². The molecule has 0 bridgehead atoms. The summed E-state index contributed by atoms with van der Waals surface area (Å²) in [6, 6.07) is 19.9. The molecule has 1 N–H and O–H groups in total. The molecule has 0 amide bonds. The second-order valence-corrected chi connectivity index (χ2v) is 7.35. The van der Waals surface area contributed by atoms with Crippen molar-refractivity contribution in [1.82, 2.24) is 9.78 Å². The Labute approximate surface area is 147 Å². The number of anilines is 2. The van der Waals surface area contributed by atoms with Gasteiger partial charge in [-0.2, -0.15) is 0 Å². The van der Waals surface area contributed by atoms with E-state index in [0.717, 1.165) is 29.1 Å². The Morgan fingerprint density at radius 2 is 1.60 bits per heavy atom. The van der Waals surface area contributed by atoms with Gasteiger partial charge < -0.3 is 5.32 Å². The van der Waals surface area contributed by atoms with Crippen molar-refractivity contribution in [3.8, 4) is 5.69 Å². The first-order chi connectivity index (χ1) is 12.0. The van der Waals surface area contributed by atoms with Gasteiger partial charge in [-0.1, -0.05) is 50.2 Å². The number of fused-ring (bicyclic) bond motifs is 1. The summed E-state index contributed by atoms with van der Waals surface area (Å²) in [6.07, 6.45) is 1.37. The van der Waals surface area contributed by atoms with Gasteiger partial charge in [0.1, 0.15) is 0 Å². The van der Waals surface area contributed by atoms with E-state index in [-0.39, 0.29) is 11.2 Å². The summed E-state index contributed by atoms with van der Waals surface area (Å²) in [5, 5.41) is 8.09. The minimum absolute atomic E-state index is 0.0549. The van der Waals surface area contributed by atoms with Gasteiger partial charge >= 0.3 is 0 Å². The molecule has 0 radical (unpaired) electrons. The van der Waals surface area contributed by atoms with E-state index in [4.69, 9.17) is 5.10 Å². The standard InChI is InChI=1S/C21H21N3O/c1-21(2)13-17-19(18(25)14-21)20(22-15-9-5-3-6-10-15)23-24(17)16-11-7-4-8-12-16/h3-12H,13-14H2,1-2H3,(H,22,23). The predicted molar refractivity (Wildman–Crippen MR) is 99.7 cm³/mol. The minimum Gasteiger partial charge on any atom is -0.338 e. The van der Waals surface area contributed by atoms with E-state index in [1.165, 1.54) is 0 Å². The van der Waals surface area contributed by atoms with Gasteiger partial charge in [0.25, 0.3) is 0 Å². The summed E-state index contributed by atoms with van der Waals surface area (Å²) in [4.78, 5) is 12.9. The maximum atomic E-state index is 12.9. The number of benzene rings is 2. The first-order valence-corrected chi connectivity index (χ1v) is 8.56. The molecule has 126 valence electrons. The molecule has 0 saturated heterocycles. The van der Waals surface area contributed by atoms with Gasteiger partial charge in [0.2, 0.25) is 0 Å². The van der Waals surface area contributed by atoms with E-state index in [1.807, 2.05) is 65.3 Å². The van der Waals surface area contributed by atoms with Gasteiger partial charge in [-0.15, -0.1) is 5.10 Å². The summed E-state index contributed by atoms with van der Waals surface area (Å²) in [5.74, 6) is 0.803. The molecule has 0 atom stereocenters. The molecule has 1 heterocycles. The number of aromatic nitrogens is 2. The molecule has 0 saturated carbocycles. The van der Waals surface area contributed by atoms with Crippen LogP contribution in [-0.2, 0) is 6.42 Å². The molecular weight excluding hydrogens is 310 g/mol. The zero-order valence-electron chi connectivity index (χ0n) is 14.5. The van der Waals surface area contributed by atoms with Crippen LogP contribution in [-0.4, -0.2) is 15.6 Å². The quantitative estimate of drug-likeness (QED) is 0.752. The number of hydrogen-bond acceptors (Lipinski definition) is 3. The summed E-state index contributed by atoms with van der Waals surface area (Å²) in [7, 11) is 0. The van der Waals surface area contributed by atoms with Crippen molar-refractivity contribution in [3.63, 3.8) is 0 Å². The van der Waals surface area contributed by atoms with E-state index in [0.29, 0.717) is 12.2 Å². The van der Waals surface area contributed by atoms with Gasteiger partial charge in [0.15, 0.2) is 11.6 Å². The van der Waals surface area contributed by atoms with Gasteiger partial charge in [0.05, 0.1) is 16.9 Å². The predicted octanol–water partition coefficient (Wildman–Crippen LogP) is 4.77. The summed E-state index contributed by atoms with van der Waals surface area (Å²) in [6.45, 7) is 4.28. The van der Waals surface area contributed by atoms with Crippen LogP contribution in [0.15, 0.2) is 60.7 Å². The highest BCUT2D eigenvalue weighted by Crippen LogP contribution is 2.39. The lowest BCUT2D eigenvalue weighted by atomic mass is 9.76. The molecule has 4 heteroatoms. The molecule has 4 rings (SSSR count). The number of nitrogens with zero attached hydrogens (tertiary/aromatic N) is 2. The normalized spacial score (nSPS) is 15.7. The van der Waals surface area contributed by atoms with Crippen LogP contribution >= 0.6 is 0 Å². The third-order valence-electron chi connectivity index (χ3n) is 4.58. The zero-order valence-corrected chi connectivity index (χ0v) is 14.5. The maximum Gasteiger partial charge on any atom is 0.169 e. The number of rotatable bonds is 3. The molecule has 0 unspecified atom stereocenters. The SMILES string of the molecule is CC1(C)CC(=O)c2c(Nc3ccccc3)nn(-c3ccccc3)c2C1. The van der Waals surface area contributed by atoms with Crippen molar-refractivity contribution in [2.45, 2.75) is 26.7 Å². The largest absolute Gasteiger partial charge is 0.338 e. The average molecular weight is 331 g/mol. The molecule has 0 aliphatic heterocycles. The Balaban J connectivity index is 1.86. The Kier molecular flexibility index (Phi) is 3.68. The fourth-order valence-corrected chi connectivity index (χ4v) is 3.48. The lowest BCUT2D eigenvalue weighted by Crippen LogP contribution is -2.28. The monoisotopic (exact) mass is 331 g/mol. The van der Waals surface area contributed by atoms with E-state index < -0.39 is 0 Å². The van der Waals surface area contributed by atoms with Crippen LogP contribution in [0.3, 0.4) is 0 Å². The lowest BCUT2D eigenvalue weighted by Gasteiger charge is -2.29. The number of carbonyl (C=O) groups is 1. The average Bonchev–Trinajstić information content (AvgIpc) is 2.93. The second kappa shape index (κ2) is 5.88. The van der Waals surface area contributed by atoms with E-state index in [9.17, 15) is 4.79 Å². The van der Waals surface area contributed by atoms with Gasteiger partial charge in [-0.05, 0) is 36.1 Å². The molecule has 1 aliphatic carbocycles. The Bertz CT molecular complexity index is 911. The molecule has 0 fully saturated rings. The number of ketones is 1. The highest BCUT2D eigenvalue weighted by Gasteiger charge is 2.36. The third kappa shape index (κ3) is 2.95. The molecule has 1 aliphatic rings. The van der Waals surface area contributed by atoms with Crippen LogP contribution in [0.2, 0.25) is 0 Å². The van der Waals surface area contributed by atoms with Gasteiger partial charge in [-0.3, -0.25) is 4.79 Å². The highest BCUT2D eigenvalue weighted by molar-refractivity contribution is 6.03. The molecule has 1 aromatic heterocycles. The van der Waals surface area contributed by atoms with Crippen LogP contribution in [0, 0.1) is 5.41 Å². The fourth-order valence-electron chi connectivity index (χ4n) is 3.48. The minimum atomic E-state index is -0.0549. The van der Waals surface area contributed by atoms with Crippen molar-refractivity contribution in [3.05, 3.63) is 71.9 Å². The summed E-state index contributed by atoms with van der Waals surface area (Å²) < 4.78 is 1.92. The summed E-state index contributed by atoms with van der Waals surface area (Å²) in [5.41, 5.74) is 3.57. The highest BCUT2D eigenvalue weighted by atomic mass is 16.1. The number of hydrogen-bond donors (Lipinski definition) is 1. The number of para-hydroxylation sites is 2. The number of carbonyl (C=O) groups excluding carboxylic acids is 1. The molecule has 4 nitrogen and oxygen atoms in total. The maximum absolute atomic E-state index is 12.9. The summed E-state index contributed by atoms with van der Waals surface area (Å²) >= 11 is 0. The lowest BCUT2D eigenvalue weighted by molar-refractivity contribution is 0.0912. The van der Waals surface area contributed by atoms with Crippen LogP contribution in [0.5, 0.6) is 0 Å². The Morgan fingerprint density at radius 3 is 2.28 bits per heavy atom. The number of Topliss-reactive ketones (excluding diaryl/α,β-unsaturated/α-hetero) is 1. The smallest absolute Gasteiger partial charge is 0.169 e. The molecule has 25 heavy (non-hydrogen) atoms. The topological polar surface area (TPSA) is 46.9 Å². The fraction of sp³-hybridized carbons (Fsp3) is 0.238. The van der Waals surface area contributed by atoms with E-state index in [2.05, 4.69) is 19.2 Å². The molecule has 0 spiro atoms. The molecule has 2 aromatic carbocycles.